The largest absolute Gasteiger partial charge is 0.339 e. The van der Waals surface area contributed by atoms with Gasteiger partial charge in [-0.25, -0.2) is 8.78 Å². The quantitative estimate of drug-likeness (QED) is 0.884. The molecule has 0 spiro atoms. The fourth-order valence-corrected chi connectivity index (χ4v) is 1.90. The molecule has 1 heterocycles. The second kappa shape index (κ2) is 6.56. The maximum atomic E-state index is 13.1. The molecule has 0 fully saturated rings. The van der Waals surface area contributed by atoms with E-state index >= 15 is 0 Å². The standard InChI is InChI=1S/C14H17F2N3O/c1-3-17-9(2)4-7-13-18-14(19-20-13)10-5-6-11(15)12(16)8-10/h5-6,8-9,17H,3-4,7H2,1-2H3. The molecular formula is C14H17F2N3O. The van der Waals surface area contributed by atoms with Gasteiger partial charge in [-0.1, -0.05) is 12.1 Å². The van der Waals surface area contributed by atoms with Gasteiger partial charge < -0.3 is 9.84 Å². The first-order chi connectivity index (χ1) is 9.60. The van der Waals surface area contributed by atoms with Crippen LogP contribution in [0, 0.1) is 11.6 Å². The van der Waals surface area contributed by atoms with Gasteiger partial charge in [-0.15, -0.1) is 0 Å². The van der Waals surface area contributed by atoms with Crippen LogP contribution in [0.2, 0.25) is 0 Å². The molecule has 1 atom stereocenters. The van der Waals surface area contributed by atoms with Gasteiger partial charge in [-0.3, -0.25) is 0 Å². The third-order valence-electron chi connectivity index (χ3n) is 2.99. The van der Waals surface area contributed by atoms with Gasteiger partial charge in [0.2, 0.25) is 11.7 Å². The van der Waals surface area contributed by atoms with Crippen molar-refractivity contribution in [3.8, 4) is 11.4 Å². The van der Waals surface area contributed by atoms with Crippen molar-refractivity contribution in [2.45, 2.75) is 32.7 Å². The van der Waals surface area contributed by atoms with Crippen LogP contribution in [0.4, 0.5) is 8.78 Å². The van der Waals surface area contributed by atoms with Gasteiger partial charge >= 0.3 is 0 Å². The monoisotopic (exact) mass is 281 g/mol. The first-order valence-electron chi connectivity index (χ1n) is 6.61. The molecule has 4 nitrogen and oxygen atoms in total. The van der Waals surface area contributed by atoms with Gasteiger partial charge in [0.25, 0.3) is 0 Å². The van der Waals surface area contributed by atoms with Crippen LogP contribution in [0.5, 0.6) is 0 Å². The molecule has 0 amide bonds. The smallest absolute Gasteiger partial charge is 0.227 e. The number of rotatable bonds is 6. The number of hydrogen-bond donors (Lipinski definition) is 1. The van der Waals surface area contributed by atoms with Crippen LogP contribution in [-0.2, 0) is 6.42 Å². The number of aromatic nitrogens is 2. The van der Waals surface area contributed by atoms with Gasteiger partial charge in [-0.2, -0.15) is 4.98 Å². The minimum atomic E-state index is -0.922. The van der Waals surface area contributed by atoms with E-state index in [1.807, 2.05) is 6.92 Å². The van der Waals surface area contributed by atoms with Crippen molar-refractivity contribution in [2.24, 2.45) is 0 Å². The number of aryl methyl sites for hydroxylation is 1. The number of hydrogen-bond acceptors (Lipinski definition) is 4. The van der Waals surface area contributed by atoms with Crippen LogP contribution in [0.1, 0.15) is 26.2 Å². The summed E-state index contributed by atoms with van der Waals surface area (Å²) in [5.41, 5.74) is 0.402. The maximum absolute atomic E-state index is 13.1. The summed E-state index contributed by atoms with van der Waals surface area (Å²) in [6.07, 6.45) is 1.51. The van der Waals surface area contributed by atoms with Crippen molar-refractivity contribution in [3.05, 3.63) is 35.7 Å². The fourth-order valence-electron chi connectivity index (χ4n) is 1.90. The van der Waals surface area contributed by atoms with E-state index in [-0.39, 0.29) is 5.82 Å². The molecule has 1 unspecified atom stereocenters. The molecule has 1 N–H and O–H groups in total. The Morgan fingerprint density at radius 2 is 2.10 bits per heavy atom. The zero-order valence-corrected chi connectivity index (χ0v) is 11.5. The van der Waals surface area contributed by atoms with Gasteiger partial charge in [0.05, 0.1) is 0 Å². The summed E-state index contributed by atoms with van der Waals surface area (Å²) in [6, 6.07) is 3.90. The summed E-state index contributed by atoms with van der Waals surface area (Å²) in [7, 11) is 0. The third kappa shape index (κ3) is 3.60. The molecule has 0 bridgehead atoms. The van der Waals surface area contributed by atoms with Crippen LogP contribution in [0.25, 0.3) is 11.4 Å². The van der Waals surface area contributed by atoms with Crippen molar-refractivity contribution in [2.75, 3.05) is 6.54 Å². The summed E-state index contributed by atoms with van der Waals surface area (Å²) in [4.78, 5) is 4.19. The Morgan fingerprint density at radius 1 is 1.30 bits per heavy atom. The zero-order valence-electron chi connectivity index (χ0n) is 11.5. The maximum Gasteiger partial charge on any atom is 0.227 e. The van der Waals surface area contributed by atoms with Gasteiger partial charge in [0.1, 0.15) is 0 Å². The van der Waals surface area contributed by atoms with E-state index in [9.17, 15) is 8.78 Å². The number of halogens is 2. The molecule has 0 aliphatic carbocycles. The topological polar surface area (TPSA) is 51.0 Å². The van der Waals surface area contributed by atoms with E-state index in [4.69, 9.17) is 4.52 Å². The molecule has 1 aromatic carbocycles. The second-order valence-corrected chi connectivity index (χ2v) is 4.64. The first kappa shape index (κ1) is 14.6. The lowest BCUT2D eigenvalue weighted by Gasteiger charge is -2.09. The summed E-state index contributed by atoms with van der Waals surface area (Å²) >= 11 is 0. The molecule has 108 valence electrons. The van der Waals surface area contributed by atoms with E-state index in [1.165, 1.54) is 6.07 Å². The molecule has 20 heavy (non-hydrogen) atoms. The summed E-state index contributed by atoms with van der Waals surface area (Å²) in [5.74, 6) is -1.05. The highest BCUT2D eigenvalue weighted by molar-refractivity contribution is 5.54. The number of nitrogens with one attached hydrogen (secondary N) is 1. The predicted molar refractivity (Wildman–Crippen MR) is 71.1 cm³/mol. The lowest BCUT2D eigenvalue weighted by molar-refractivity contribution is 0.368. The summed E-state index contributed by atoms with van der Waals surface area (Å²) < 4.78 is 31.1. The van der Waals surface area contributed by atoms with Crippen molar-refractivity contribution in [1.82, 2.24) is 15.5 Å². The minimum absolute atomic E-state index is 0.273. The molecule has 0 aliphatic rings. The van der Waals surface area contributed by atoms with Crippen LogP contribution in [-0.4, -0.2) is 22.7 Å². The highest BCUT2D eigenvalue weighted by atomic mass is 19.2. The highest BCUT2D eigenvalue weighted by Crippen LogP contribution is 2.19. The minimum Gasteiger partial charge on any atom is -0.339 e. The van der Waals surface area contributed by atoms with Crippen LogP contribution in [0.15, 0.2) is 22.7 Å². The predicted octanol–water partition coefficient (Wildman–Crippen LogP) is 2.95. The first-order valence-corrected chi connectivity index (χ1v) is 6.61. The lowest BCUT2D eigenvalue weighted by atomic mass is 10.2. The van der Waals surface area contributed by atoms with Crippen LogP contribution < -0.4 is 5.32 Å². The van der Waals surface area contributed by atoms with E-state index in [1.54, 1.807) is 0 Å². The molecular weight excluding hydrogens is 264 g/mol. The van der Waals surface area contributed by atoms with Crippen molar-refractivity contribution in [3.63, 3.8) is 0 Å². The SMILES string of the molecule is CCNC(C)CCc1nc(-c2ccc(F)c(F)c2)no1. The average Bonchev–Trinajstić information content (AvgIpc) is 2.89. The molecule has 2 rings (SSSR count). The Balaban J connectivity index is 2.03. The van der Waals surface area contributed by atoms with Crippen molar-refractivity contribution >= 4 is 0 Å². The van der Waals surface area contributed by atoms with Gasteiger partial charge in [0, 0.05) is 18.0 Å². The molecule has 0 aliphatic heterocycles. The van der Waals surface area contributed by atoms with E-state index in [0.29, 0.717) is 23.9 Å². The Labute approximate surface area is 116 Å². The van der Waals surface area contributed by atoms with E-state index in [2.05, 4.69) is 22.4 Å². The zero-order chi connectivity index (χ0) is 14.5. The van der Waals surface area contributed by atoms with Crippen molar-refractivity contribution in [1.29, 1.82) is 0 Å². The highest BCUT2D eigenvalue weighted by Gasteiger charge is 2.12. The summed E-state index contributed by atoms with van der Waals surface area (Å²) in [5, 5.41) is 7.07. The Bertz CT molecular complexity index is 571. The van der Waals surface area contributed by atoms with Crippen LogP contribution >= 0.6 is 0 Å². The molecule has 0 radical (unpaired) electrons. The normalized spacial score (nSPS) is 12.6. The second-order valence-electron chi connectivity index (χ2n) is 4.64. The van der Waals surface area contributed by atoms with E-state index < -0.39 is 11.6 Å². The van der Waals surface area contributed by atoms with E-state index in [0.717, 1.165) is 25.1 Å². The number of nitrogens with zero attached hydrogens (tertiary/aromatic N) is 2. The molecule has 0 saturated heterocycles. The molecule has 1 aromatic heterocycles. The molecule has 6 heteroatoms. The Morgan fingerprint density at radius 3 is 2.80 bits per heavy atom. The molecule has 0 saturated carbocycles. The van der Waals surface area contributed by atoms with Crippen LogP contribution in [0.3, 0.4) is 0 Å². The summed E-state index contributed by atoms with van der Waals surface area (Å²) in [6.45, 7) is 5.03. The Hall–Kier alpha value is -1.82. The Kier molecular flexibility index (Phi) is 4.79. The van der Waals surface area contributed by atoms with Gasteiger partial charge in [-0.05, 0) is 38.1 Å². The fraction of sp³-hybridized carbons (Fsp3) is 0.429. The average molecular weight is 281 g/mol. The number of benzene rings is 1. The van der Waals surface area contributed by atoms with Crippen molar-refractivity contribution < 1.29 is 13.3 Å². The third-order valence-corrected chi connectivity index (χ3v) is 2.99. The lowest BCUT2D eigenvalue weighted by Crippen LogP contribution is -2.25. The molecule has 2 aromatic rings. The van der Waals surface area contributed by atoms with Gasteiger partial charge in [0.15, 0.2) is 11.6 Å².